The molecule has 0 unspecified atom stereocenters. The first-order valence-electron chi connectivity index (χ1n) is 7.19. The predicted octanol–water partition coefficient (Wildman–Crippen LogP) is 3.77. The van der Waals surface area contributed by atoms with Crippen LogP contribution in [0.25, 0.3) is 11.3 Å². The molecular weight excluding hydrogens is 250 g/mol. The van der Waals surface area contributed by atoms with Gasteiger partial charge >= 0.3 is 0 Å². The van der Waals surface area contributed by atoms with E-state index in [1.807, 2.05) is 18.2 Å². The van der Waals surface area contributed by atoms with E-state index in [9.17, 15) is 0 Å². The monoisotopic (exact) mass is 271 g/mol. The van der Waals surface area contributed by atoms with Crippen molar-refractivity contribution in [3.8, 4) is 17.1 Å². The van der Waals surface area contributed by atoms with Crippen molar-refractivity contribution in [3.63, 3.8) is 0 Å². The van der Waals surface area contributed by atoms with E-state index in [1.165, 1.54) is 5.56 Å². The van der Waals surface area contributed by atoms with Gasteiger partial charge in [0.05, 0.1) is 6.54 Å². The second kappa shape index (κ2) is 4.98. The van der Waals surface area contributed by atoms with E-state index in [1.54, 1.807) is 0 Å². The summed E-state index contributed by atoms with van der Waals surface area (Å²) in [6.45, 7) is 8.05. The summed E-state index contributed by atoms with van der Waals surface area (Å²) in [5.41, 5.74) is 2.28. The van der Waals surface area contributed by atoms with Gasteiger partial charge in [-0.05, 0) is 56.3 Å². The van der Waals surface area contributed by atoms with Crippen LogP contribution < -0.4 is 10.1 Å². The van der Waals surface area contributed by atoms with Crippen LogP contribution >= 0.6 is 0 Å². The maximum absolute atomic E-state index is 5.90. The fraction of sp³-hybridized carbons (Fsp3) is 0.412. The predicted molar refractivity (Wildman–Crippen MR) is 79.9 cm³/mol. The summed E-state index contributed by atoms with van der Waals surface area (Å²) in [7, 11) is 0. The van der Waals surface area contributed by atoms with Crippen LogP contribution in [-0.4, -0.2) is 12.1 Å². The molecule has 3 rings (SSSR count). The third-order valence-corrected chi connectivity index (χ3v) is 3.56. The summed E-state index contributed by atoms with van der Waals surface area (Å²) >= 11 is 0. The molecule has 0 fully saturated rings. The van der Waals surface area contributed by atoms with Gasteiger partial charge < -0.3 is 14.5 Å². The molecule has 0 saturated carbocycles. The fourth-order valence-corrected chi connectivity index (χ4v) is 2.64. The van der Waals surface area contributed by atoms with Crippen molar-refractivity contribution in [2.24, 2.45) is 0 Å². The van der Waals surface area contributed by atoms with Crippen LogP contribution in [0.4, 0.5) is 0 Å². The molecule has 0 saturated heterocycles. The minimum Gasteiger partial charge on any atom is -0.487 e. The van der Waals surface area contributed by atoms with Crippen molar-refractivity contribution in [2.75, 3.05) is 6.54 Å². The first kappa shape index (κ1) is 13.3. The lowest BCUT2D eigenvalue weighted by Gasteiger charge is -2.16. The lowest BCUT2D eigenvalue weighted by atomic mass is 10.00. The fourth-order valence-electron chi connectivity index (χ4n) is 2.64. The first-order valence-corrected chi connectivity index (χ1v) is 7.19. The van der Waals surface area contributed by atoms with Crippen LogP contribution in [-0.2, 0) is 13.0 Å². The zero-order chi connectivity index (χ0) is 14.2. The normalized spacial score (nSPS) is 15.9. The van der Waals surface area contributed by atoms with Crippen LogP contribution in [0.1, 0.15) is 32.1 Å². The Balaban J connectivity index is 1.83. The molecule has 0 spiro atoms. The average Bonchev–Trinajstić information content (AvgIpc) is 2.97. The number of hydrogen-bond donors (Lipinski definition) is 1. The Hall–Kier alpha value is -1.74. The number of rotatable bonds is 4. The van der Waals surface area contributed by atoms with Gasteiger partial charge in [-0.3, -0.25) is 0 Å². The Morgan fingerprint density at radius 3 is 2.85 bits per heavy atom. The third-order valence-electron chi connectivity index (χ3n) is 3.56. The third kappa shape index (κ3) is 2.59. The first-order chi connectivity index (χ1) is 9.57. The number of ether oxygens (including phenoxy) is 1. The summed E-state index contributed by atoms with van der Waals surface area (Å²) in [6, 6.07) is 10.4. The van der Waals surface area contributed by atoms with Crippen LogP contribution in [0, 0.1) is 0 Å². The minimum atomic E-state index is -0.0969. The smallest absolute Gasteiger partial charge is 0.134 e. The van der Waals surface area contributed by atoms with E-state index in [-0.39, 0.29) is 5.60 Å². The molecule has 3 nitrogen and oxygen atoms in total. The van der Waals surface area contributed by atoms with E-state index in [0.29, 0.717) is 0 Å². The molecule has 1 N–H and O–H groups in total. The van der Waals surface area contributed by atoms with Gasteiger partial charge in [-0.15, -0.1) is 0 Å². The molecule has 1 aromatic carbocycles. The van der Waals surface area contributed by atoms with Gasteiger partial charge in [0, 0.05) is 12.0 Å². The van der Waals surface area contributed by atoms with Gasteiger partial charge in [-0.1, -0.05) is 6.92 Å². The van der Waals surface area contributed by atoms with Crippen molar-refractivity contribution in [1.82, 2.24) is 5.32 Å². The Kier molecular flexibility index (Phi) is 3.30. The topological polar surface area (TPSA) is 34.4 Å². The van der Waals surface area contributed by atoms with Gasteiger partial charge in [-0.2, -0.15) is 0 Å². The van der Waals surface area contributed by atoms with E-state index in [0.717, 1.165) is 42.3 Å². The number of fused-ring (bicyclic) bond motifs is 1. The highest BCUT2D eigenvalue weighted by molar-refractivity contribution is 5.61. The zero-order valence-electron chi connectivity index (χ0n) is 12.3. The Morgan fingerprint density at radius 1 is 1.20 bits per heavy atom. The number of benzene rings is 1. The molecule has 2 aromatic rings. The molecule has 0 amide bonds. The molecule has 2 heterocycles. The van der Waals surface area contributed by atoms with Gasteiger partial charge in [0.25, 0.3) is 0 Å². The van der Waals surface area contributed by atoms with Crippen molar-refractivity contribution in [3.05, 3.63) is 41.7 Å². The van der Waals surface area contributed by atoms with Crippen molar-refractivity contribution in [1.29, 1.82) is 0 Å². The summed E-state index contributed by atoms with van der Waals surface area (Å²) in [4.78, 5) is 0. The second-order valence-corrected chi connectivity index (χ2v) is 5.91. The lowest BCUT2D eigenvalue weighted by Crippen LogP contribution is -2.24. The second-order valence-electron chi connectivity index (χ2n) is 5.91. The molecule has 0 aliphatic carbocycles. The maximum Gasteiger partial charge on any atom is 0.134 e. The molecular formula is C17H21NO2. The Morgan fingerprint density at radius 2 is 2.05 bits per heavy atom. The number of nitrogens with one attached hydrogen (secondary N) is 1. The van der Waals surface area contributed by atoms with Crippen molar-refractivity contribution < 1.29 is 9.15 Å². The minimum absolute atomic E-state index is 0.0969. The summed E-state index contributed by atoms with van der Waals surface area (Å²) in [6.07, 6.45) is 0.946. The Bertz CT molecular complexity index is 613. The standard InChI is InChI=1S/C17H21NO2/c1-4-18-11-14-6-8-15(19-14)12-5-7-16-13(9-12)10-17(2,3)20-16/h5-9,18H,4,10-11H2,1-3H3. The molecule has 20 heavy (non-hydrogen) atoms. The molecule has 0 bridgehead atoms. The largest absolute Gasteiger partial charge is 0.487 e. The zero-order valence-corrected chi connectivity index (χ0v) is 12.3. The maximum atomic E-state index is 5.90. The summed E-state index contributed by atoms with van der Waals surface area (Å²) in [5.74, 6) is 2.89. The van der Waals surface area contributed by atoms with Crippen LogP contribution in [0.2, 0.25) is 0 Å². The van der Waals surface area contributed by atoms with Crippen molar-refractivity contribution in [2.45, 2.75) is 39.3 Å². The summed E-state index contributed by atoms with van der Waals surface area (Å²) in [5, 5.41) is 3.27. The average molecular weight is 271 g/mol. The summed E-state index contributed by atoms with van der Waals surface area (Å²) < 4.78 is 11.8. The molecule has 1 aliphatic heterocycles. The molecule has 106 valence electrons. The van der Waals surface area contributed by atoms with Gasteiger partial charge in [0.2, 0.25) is 0 Å². The van der Waals surface area contributed by atoms with Crippen molar-refractivity contribution >= 4 is 0 Å². The number of hydrogen-bond acceptors (Lipinski definition) is 3. The molecule has 1 aromatic heterocycles. The molecule has 3 heteroatoms. The van der Waals surface area contributed by atoms with E-state index in [4.69, 9.17) is 9.15 Å². The molecule has 0 atom stereocenters. The van der Waals surface area contributed by atoms with Crippen LogP contribution in [0.5, 0.6) is 5.75 Å². The quantitative estimate of drug-likeness (QED) is 0.919. The Labute approximate surface area is 119 Å². The van der Waals surface area contributed by atoms with Crippen LogP contribution in [0.3, 0.4) is 0 Å². The number of furan rings is 1. The molecule has 1 aliphatic rings. The van der Waals surface area contributed by atoms with E-state index in [2.05, 4.69) is 38.2 Å². The van der Waals surface area contributed by atoms with E-state index >= 15 is 0 Å². The van der Waals surface area contributed by atoms with Crippen LogP contribution in [0.15, 0.2) is 34.7 Å². The SMILES string of the molecule is CCNCc1ccc(-c2ccc3c(c2)CC(C)(C)O3)o1. The van der Waals surface area contributed by atoms with E-state index < -0.39 is 0 Å². The highest BCUT2D eigenvalue weighted by Gasteiger charge is 2.30. The highest BCUT2D eigenvalue weighted by Crippen LogP contribution is 2.37. The van der Waals surface area contributed by atoms with Gasteiger partial charge in [0.1, 0.15) is 22.9 Å². The molecule has 0 radical (unpaired) electrons. The lowest BCUT2D eigenvalue weighted by molar-refractivity contribution is 0.138. The van der Waals surface area contributed by atoms with Gasteiger partial charge in [0.15, 0.2) is 0 Å². The highest BCUT2D eigenvalue weighted by atomic mass is 16.5. The van der Waals surface area contributed by atoms with Gasteiger partial charge in [-0.25, -0.2) is 0 Å².